The molecule has 0 bridgehead atoms. The number of nitrogens with one attached hydrogen (secondary N) is 1. The largest absolute Gasteiger partial charge is 0.321 e. The quantitative estimate of drug-likeness (QED) is 0.902. The summed E-state index contributed by atoms with van der Waals surface area (Å²) in [6, 6.07) is 11.1. The Kier molecular flexibility index (Phi) is 4.16. The lowest BCUT2D eigenvalue weighted by atomic mass is 10.1. The van der Waals surface area contributed by atoms with Crippen molar-refractivity contribution >= 4 is 27.5 Å². The van der Waals surface area contributed by atoms with Crippen molar-refractivity contribution in [2.24, 2.45) is 0 Å². The molecule has 20 heavy (non-hydrogen) atoms. The smallest absolute Gasteiger partial charge is 0.255 e. The summed E-state index contributed by atoms with van der Waals surface area (Å²) < 4.78 is 14.2. The molecule has 0 unspecified atom stereocenters. The van der Waals surface area contributed by atoms with Crippen LogP contribution in [0.5, 0.6) is 0 Å². The third-order valence-electron chi connectivity index (χ3n) is 2.68. The van der Waals surface area contributed by atoms with E-state index in [-0.39, 0.29) is 11.3 Å². The van der Waals surface area contributed by atoms with E-state index in [2.05, 4.69) is 21.2 Å². The highest BCUT2D eigenvalue weighted by molar-refractivity contribution is 9.10. The number of rotatable bonds is 2. The van der Waals surface area contributed by atoms with Gasteiger partial charge in [0.1, 0.15) is 17.4 Å². The van der Waals surface area contributed by atoms with Gasteiger partial charge in [-0.05, 0) is 42.8 Å². The molecule has 0 aliphatic heterocycles. The van der Waals surface area contributed by atoms with Gasteiger partial charge in [-0.15, -0.1) is 0 Å². The first-order chi connectivity index (χ1) is 9.51. The Morgan fingerprint density at radius 1 is 1.35 bits per heavy atom. The van der Waals surface area contributed by atoms with Gasteiger partial charge in [0, 0.05) is 10.0 Å². The Labute approximate surface area is 124 Å². The number of carbonyl (C=O) groups is 1. The summed E-state index contributed by atoms with van der Waals surface area (Å²) in [6.07, 6.45) is 0. The maximum atomic E-state index is 13.5. The molecular weight excluding hydrogens is 323 g/mol. The highest BCUT2D eigenvalue weighted by Gasteiger charge is 2.12. The zero-order valence-electron chi connectivity index (χ0n) is 10.6. The summed E-state index contributed by atoms with van der Waals surface area (Å²) in [5.41, 5.74) is 1.34. The van der Waals surface area contributed by atoms with E-state index in [0.29, 0.717) is 5.56 Å². The first kappa shape index (κ1) is 14.2. The molecule has 0 aliphatic rings. The van der Waals surface area contributed by atoms with Crippen LogP contribution in [-0.2, 0) is 0 Å². The lowest BCUT2D eigenvalue weighted by molar-refractivity contribution is 0.102. The van der Waals surface area contributed by atoms with E-state index in [1.807, 2.05) is 13.0 Å². The van der Waals surface area contributed by atoms with Gasteiger partial charge in [-0.2, -0.15) is 5.26 Å². The van der Waals surface area contributed by atoms with Crippen LogP contribution in [0, 0.1) is 24.1 Å². The van der Waals surface area contributed by atoms with Crippen LogP contribution in [-0.4, -0.2) is 5.91 Å². The number of halogens is 2. The Bertz CT molecular complexity index is 702. The summed E-state index contributed by atoms with van der Waals surface area (Å²) in [5, 5.41) is 11.5. The average Bonchev–Trinajstić information content (AvgIpc) is 2.37. The molecule has 1 amide bonds. The summed E-state index contributed by atoms with van der Waals surface area (Å²) in [7, 11) is 0. The van der Waals surface area contributed by atoms with Crippen molar-refractivity contribution in [3.63, 3.8) is 0 Å². The number of hydrogen-bond acceptors (Lipinski definition) is 2. The minimum atomic E-state index is -0.657. The topological polar surface area (TPSA) is 52.9 Å². The van der Waals surface area contributed by atoms with Crippen molar-refractivity contribution in [2.75, 3.05) is 5.32 Å². The maximum Gasteiger partial charge on any atom is 0.255 e. The van der Waals surface area contributed by atoms with Crippen LogP contribution in [0.4, 0.5) is 10.1 Å². The number of nitrogens with zero attached hydrogens (tertiary/aromatic N) is 1. The van der Waals surface area contributed by atoms with Gasteiger partial charge in [0.25, 0.3) is 5.91 Å². The normalized spacial score (nSPS) is 9.90. The predicted molar refractivity (Wildman–Crippen MR) is 77.9 cm³/mol. The number of carbonyl (C=O) groups excluding carboxylic acids is 1. The molecule has 2 aromatic rings. The van der Waals surface area contributed by atoms with Crippen LogP contribution in [0.15, 0.2) is 40.9 Å². The van der Waals surface area contributed by atoms with Crippen molar-refractivity contribution in [2.45, 2.75) is 6.92 Å². The molecule has 100 valence electrons. The maximum absolute atomic E-state index is 13.5. The lowest BCUT2D eigenvalue weighted by Crippen LogP contribution is -2.13. The molecule has 0 saturated carbocycles. The Hall–Kier alpha value is -2.19. The molecule has 0 aromatic heterocycles. The number of nitriles is 1. The second-order valence-electron chi connectivity index (χ2n) is 4.25. The van der Waals surface area contributed by atoms with Crippen LogP contribution >= 0.6 is 15.9 Å². The van der Waals surface area contributed by atoms with Crippen molar-refractivity contribution in [1.82, 2.24) is 0 Å². The zero-order valence-corrected chi connectivity index (χ0v) is 12.2. The minimum absolute atomic E-state index is 0.162. The fraction of sp³-hybridized carbons (Fsp3) is 0.0667. The van der Waals surface area contributed by atoms with E-state index >= 15 is 0 Å². The predicted octanol–water partition coefficient (Wildman–Crippen LogP) is 4.02. The van der Waals surface area contributed by atoms with Gasteiger partial charge in [0.05, 0.1) is 5.69 Å². The van der Waals surface area contributed by atoms with Gasteiger partial charge in [-0.25, -0.2) is 4.39 Å². The highest BCUT2D eigenvalue weighted by Crippen LogP contribution is 2.20. The first-order valence-electron chi connectivity index (χ1n) is 5.78. The van der Waals surface area contributed by atoms with Crippen molar-refractivity contribution in [3.8, 4) is 6.07 Å². The molecule has 0 fully saturated rings. The van der Waals surface area contributed by atoms with E-state index < -0.39 is 11.7 Å². The number of hydrogen-bond donors (Lipinski definition) is 1. The fourth-order valence-corrected chi connectivity index (χ4v) is 2.41. The van der Waals surface area contributed by atoms with Crippen LogP contribution < -0.4 is 5.32 Å². The highest BCUT2D eigenvalue weighted by atomic mass is 79.9. The molecule has 2 aromatic carbocycles. The Morgan fingerprint density at radius 3 is 2.75 bits per heavy atom. The molecule has 2 rings (SSSR count). The van der Waals surface area contributed by atoms with E-state index in [0.717, 1.165) is 10.0 Å². The van der Waals surface area contributed by atoms with Gasteiger partial charge in [0.2, 0.25) is 0 Å². The zero-order chi connectivity index (χ0) is 14.7. The monoisotopic (exact) mass is 332 g/mol. The third-order valence-corrected chi connectivity index (χ3v) is 3.14. The van der Waals surface area contributed by atoms with Crippen molar-refractivity contribution in [1.29, 1.82) is 5.26 Å². The van der Waals surface area contributed by atoms with Crippen LogP contribution in [0.3, 0.4) is 0 Å². The lowest BCUT2D eigenvalue weighted by Gasteiger charge is -2.08. The van der Waals surface area contributed by atoms with E-state index in [1.165, 1.54) is 18.2 Å². The summed E-state index contributed by atoms with van der Waals surface area (Å²) in [6.45, 7) is 1.87. The summed E-state index contributed by atoms with van der Waals surface area (Å²) in [4.78, 5) is 12.1. The standard InChI is InChI=1S/C15H10BrFN2O/c1-9-5-10(7-11(16)6-9)15(20)19-14-4-2-3-13(17)12(14)8-18/h2-7H,1H3,(H,19,20). The second-order valence-corrected chi connectivity index (χ2v) is 5.16. The second kappa shape index (κ2) is 5.85. The van der Waals surface area contributed by atoms with Gasteiger partial charge in [0.15, 0.2) is 0 Å². The molecule has 1 N–H and O–H groups in total. The Balaban J connectivity index is 2.33. The SMILES string of the molecule is Cc1cc(Br)cc(C(=O)Nc2cccc(F)c2C#N)c1. The molecule has 0 radical (unpaired) electrons. The fourth-order valence-electron chi connectivity index (χ4n) is 1.80. The number of amides is 1. The third kappa shape index (κ3) is 3.03. The van der Waals surface area contributed by atoms with Crippen LogP contribution in [0.1, 0.15) is 21.5 Å². The molecule has 0 saturated heterocycles. The molecule has 0 spiro atoms. The van der Waals surface area contributed by atoms with E-state index in [1.54, 1.807) is 18.2 Å². The average molecular weight is 333 g/mol. The van der Waals surface area contributed by atoms with E-state index in [9.17, 15) is 9.18 Å². The Morgan fingerprint density at radius 2 is 2.10 bits per heavy atom. The van der Waals surface area contributed by atoms with Crippen molar-refractivity contribution in [3.05, 3.63) is 63.4 Å². The van der Waals surface area contributed by atoms with Gasteiger partial charge >= 0.3 is 0 Å². The van der Waals surface area contributed by atoms with Crippen LogP contribution in [0.25, 0.3) is 0 Å². The molecule has 3 nitrogen and oxygen atoms in total. The first-order valence-corrected chi connectivity index (χ1v) is 6.57. The summed E-state index contributed by atoms with van der Waals surface area (Å²) in [5.74, 6) is -1.05. The molecule has 0 heterocycles. The number of aryl methyl sites for hydroxylation is 1. The van der Waals surface area contributed by atoms with Crippen molar-refractivity contribution < 1.29 is 9.18 Å². The van der Waals surface area contributed by atoms with Crippen LogP contribution in [0.2, 0.25) is 0 Å². The van der Waals surface area contributed by atoms with E-state index in [4.69, 9.17) is 5.26 Å². The molecule has 0 aliphatic carbocycles. The number of benzene rings is 2. The molecule has 0 atom stereocenters. The van der Waals surface area contributed by atoms with Gasteiger partial charge in [-0.3, -0.25) is 4.79 Å². The molecular formula is C15H10BrFN2O. The number of anilines is 1. The van der Waals surface area contributed by atoms with Gasteiger partial charge in [-0.1, -0.05) is 22.0 Å². The van der Waals surface area contributed by atoms with Gasteiger partial charge < -0.3 is 5.32 Å². The summed E-state index contributed by atoms with van der Waals surface area (Å²) >= 11 is 3.31. The minimum Gasteiger partial charge on any atom is -0.321 e. The molecule has 5 heteroatoms.